The lowest BCUT2D eigenvalue weighted by molar-refractivity contribution is 0.191. The van der Waals surface area contributed by atoms with E-state index < -0.39 is 0 Å². The molecule has 1 aliphatic rings. The molecule has 0 unspecified atom stereocenters. The summed E-state index contributed by atoms with van der Waals surface area (Å²) >= 11 is 0. The number of halogens is 1. The Bertz CT molecular complexity index is 513. The molecule has 6 heteroatoms. The third-order valence-electron chi connectivity index (χ3n) is 4.74. The number of aliphatic imine (C=N–C) groups is 1. The van der Waals surface area contributed by atoms with Crippen LogP contribution in [0.25, 0.3) is 0 Å². The molecule has 0 bridgehead atoms. The van der Waals surface area contributed by atoms with Gasteiger partial charge in [0.2, 0.25) is 0 Å². The van der Waals surface area contributed by atoms with Crippen molar-refractivity contribution < 1.29 is 4.74 Å². The molecule has 0 amide bonds. The van der Waals surface area contributed by atoms with Crippen LogP contribution < -0.4 is 15.4 Å². The second kappa shape index (κ2) is 13.2. The molecule has 0 aromatic heterocycles. The summed E-state index contributed by atoms with van der Waals surface area (Å²) < 4.78 is 5.19. The van der Waals surface area contributed by atoms with Gasteiger partial charge in [-0.05, 0) is 69.4 Å². The van der Waals surface area contributed by atoms with Crippen LogP contribution in [0.2, 0.25) is 0 Å². The largest absolute Gasteiger partial charge is 0.497 e. The third kappa shape index (κ3) is 8.58. The molecule has 5 nitrogen and oxygen atoms in total. The van der Waals surface area contributed by atoms with Crippen LogP contribution in [0.15, 0.2) is 29.3 Å². The topological polar surface area (TPSA) is 48.9 Å². The van der Waals surface area contributed by atoms with Crippen LogP contribution in [0.5, 0.6) is 5.75 Å². The van der Waals surface area contributed by atoms with E-state index in [0.717, 1.165) is 37.1 Å². The summed E-state index contributed by atoms with van der Waals surface area (Å²) in [5.74, 6) is 2.68. The summed E-state index contributed by atoms with van der Waals surface area (Å²) in [5, 5.41) is 6.77. The van der Waals surface area contributed by atoms with Crippen molar-refractivity contribution in [3.8, 4) is 5.75 Å². The van der Waals surface area contributed by atoms with Gasteiger partial charge in [-0.3, -0.25) is 0 Å². The first-order chi connectivity index (χ1) is 12.2. The van der Waals surface area contributed by atoms with Crippen molar-refractivity contribution in [3.63, 3.8) is 0 Å². The van der Waals surface area contributed by atoms with Crippen molar-refractivity contribution in [2.75, 3.05) is 39.8 Å². The van der Waals surface area contributed by atoms with Gasteiger partial charge in [-0.25, -0.2) is 4.99 Å². The number of piperidine rings is 1. The minimum Gasteiger partial charge on any atom is -0.497 e. The Kier molecular flexibility index (Phi) is 11.7. The maximum atomic E-state index is 5.19. The van der Waals surface area contributed by atoms with Gasteiger partial charge in [-0.1, -0.05) is 19.1 Å². The smallest absolute Gasteiger partial charge is 0.191 e. The number of hydrogen-bond donors (Lipinski definition) is 2. The van der Waals surface area contributed by atoms with E-state index in [-0.39, 0.29) is 24.0 Å². The Balaban J connectivity index is 0.00000338. The monoisotopic (exact) mass is 474 g/mol. The zero-order chi connectivity index (χ0) is 17.9. The number of methoxy groups -OCH3 is 1. The second-order valence-electron chi connectivity index (χ2n) is 6.85. The molecule has 1 fully saturated rings. The van der Waals surface area contributed by atoms with Gasteiger partial charge in [0, 0.05) is 13.1 Å². The quantitative estimate of drug-likeness (QED) is 0.262. The first kappa shape index (κ1) is 23.0. The van der Waals surface area contributed by atoms with Crippen LogP contribution in [0.1, 0.15) is 38.7 Å². The van der Waals surface area contributed by atoms with Crippen LogP contribution in [0.4, 0.5) is 0 Å². The van der Waals surface area contributed by atoms with Gasteiger partial charge in [-0.2, -0.15) is 0 Å². The molecule has 2 rings (SSSR count). The lowest BCUT2D eigenvalue weighted by Gasteiger charge is -2.30. The fourth-order valence-corrected chi connectivity index (χ4v) is 3.04. The number of rotatable bonds is 8. The number of hydrogen-bond acceptors (Lipinski definition) is 3. The van der Waals surface area contributed by atoms with E-state index in [1.807, 2.05) is 12.1 Å². The van der Waals surface area contributed by atoms with E-state index in [1.54, 1.807) is 7.11 Å². The summed E-state index contributed by atoms with van der Waals surface area (Å²) in [6.07, 6.45) is 3.85. The molecule has 0 saturated carbocycles. The van der Waals surface area contributed by atoms with Crippen LogP contribution in [-0.2, 0) is 6.54 Å². The Morgan fingerprint density at radius 2 is 1.88 bits per heavy atom. The molecule has 0 atom stereocenters. The van der Waals surface area contributed by atoms with Crippen molar-refractivity contribution in [1.82, 2.24) is 15.5 Å². The number of benzene rings is 1. The maximum Gasteiger partial charge on any atom is 0.191 e. The van der Waals surface area contributed by atoms with Crippen LogP contribution in [0, 0.1) is 5.92 Å². The molecule has 148 valence electrons. The zero-order valence-electron chi connectivity index (χ0n) is 16.5. The van der Waals surface area contributed by atoms with E-state index in [0.29, 0.717) is 6.54 Å². The Morgan fingerprint density at radius 3 is 2.50 bits per heavy atom. The SMILES string of the molecule is CCNC(=NCc1ccc(OC)cc1)NCCCN1CCC(C)CC1.I. The average molecular weight is 474 g/mol. The summed E-state index contributed by atoms with van der Waals surface area (Å²) in [4.78, 5) is 7.26. The normalized spacial score (nSPS) is 16.0. The molecule has 2 N–H and O–H groups in total. The van der Waals surface area contributed by atoms with E-state index >= 15 is 0 Å². The fraction of sp³-hybridized carbons (Fsp3) is 0.650. The van der Waals surface area contributed by atoms with Gasteiger partial charge in [0.25, 0.3) is 0 Å². The molecule has 0 aliphatic carbocycles. The summed E-state index contributed by atoms with van der Waals surface area (Å²) in [6, 6.07) is 8.07. The van der Waals surface area contributed by atoms with Crippen LogP contribution in [-0.4, -0.2) is 50.7 Å². The van der Waals surface area contributed by atoms with E-state index in [4.69, 9.17) is 4.74 Å². The highest BCUT2D eigenvalue weighted by Gasteiger charge is 2.14. The molecule has 26 heavy (non-hydrogen) atoms. The van der Waals surface area contributed by atoms with E-state index in [9.17, 15) is 0 Å². The van der Waals surface area contributed by atoms with Gasteiger partial charge in [0.15, 0.2) is 5.96 Å². The third-order valence-corrected chi connectivity index (χ3v) is 4.74. The highest BCUT2D eigenvalue weighted by Crippen LogP contribution is 2.15. The molecular weight excluding hydrogens is 439 g/mol. The Hall–Kier alpha value is -1.02. The highest BCUT2D eigenvalue weighted by molar-refractivity contribution is 14.0. The van der Waals surface area contributed by atoms with Crippen molar-refractivity contribution >= 4 is 29.9 Å². The van der Waals surface area contributed by atoms with Crippen molar-refractivity contribution in [2.24, 2.45) is 10.9 Å². The van der Waals surface area contributed by atoms with Gasteiger partial charge in [0.1, 0.15) is 5.75 Å². The number of guanidine groups is 1. The molecule has 1 heterocycles. The number of ether oxygens (including phenoxy) is 1. The summed E-state index contributed by atoms with van der Waals surface area (Å²) in [7, 11) is 1.69. The minimum absolute atomic E-state index is 0. The number of likely N-dealkylation sites (tertiary alicyclic amines) is 1. The van der Waals surface area contributed by atoms with Gasteiger partial charge in [0.05, 0.1) is 13.7 Å². The van der Waals surface area contributed by atoms with Crippen molar-refractivity contribution in [3.05, 3.63) is 29.8 Å². The molecule has 1 aliphatic heterocycles. The summed E-state index contributed by atoms with van der Waals surface area (Å²) in [5.41, 5.74) is 1.18. The Morgan fingerprint density at radius 1 is 1.19 bits per heavy atom. The van der Waals surface area contributed by atoms with E-state index in [2.05, 4.69) is 46.5 Å². The van der Waals surface area contributed by atoms with Crippen molar-refractivity contribution in [2.45, 2.75) is 39.7 Å². The van der Waals surface area contributed by atoms with Gasteiger partial charge < -0.3 is 20.3 Å². The van der Waals surface area contributed by atoms with Crippen molar-refractivity contribution in [1.29, 1.82) is 0 Å². The number of nitrogens with one attached hydrogen (secondary N) is 2. The molecule has 0 radical (unpaired) electrons. The summed E-state index contributed by atoms with van der Waals surface area (Å²) in [6.45, 7) is 10.7. The highest BCUT2D eigenvalue weighted by atomic mass is 127. The molecule has 1 aromatic carbocycles. The second-order valence-corrected chi connectivity index (χ2v) is 6.85. The lowest BCUT2D eigenvalue weighted by atomic mass is 9.99. The van der Waals surface area contributed by atoms with Crippen LogP contribution in [0.3, 0.4) is 0 Å². The van der Waals surface area contributed by atoms with E-state index in [1.165, 1.54) is 38.0 Å². The first-order valence-corrected chi connectivity index (χ1v) is 9.58. The zero-order valence-corrected chi connectivity index (χ0v) is 18.8. The standard InChI is InChI=1S/C20H34N4O.HI/c1-4-21-20(23-16-18-6-8-19(25-3)9-7-18)22-12-5-13-24-14-10-17(2)11-15-24;/h6-9,17H,4-5,10-16H2,1-3H3,(H2,21,22,23);1H. The predicted molar refractivity (Wildman–Crippen MR) is 121 cm³/mol. The van der Waals surface area contributed by atoms with Gasteiger partial charge in [-0.15, -0.1) is 24.0 Å². The predicted octanol–water partition coefficient (Wildman–Crippen LogP) is 3.49. The Labute approximate surface area is 176 Å². The first-order valence-electron chi connectivity index (χ1n) is 9.58. The number of nitrogens with zero attached hydrogens (tertiary/aromatic N) is 2. The molecule has 1 aromatic rings. The maximum absolute atomic E-state index is 5.19. The molecular formula is C20H35IN4O. The fourth-order valence-electron chi connectivity index (χ4n) is 3.04. The molecule has 0 spiro atoms. The minimum atomic E-state index is 0. The lowest BCUT2D eigenvalue weighted by Crippen LogP contribution is -2.39. The van der Waals surface area contributed by atoms with Gasteiger partial charge >= 0.3 is 0 Å². The van der Waals surface area contributed by atoms with Crippen LogP contribution >= 0.6 is 24.0 Å². The average Bonchev–Trinajstić information content (AvgIpc) is 2.65. The molecule has 1 saturated heterocycles.